The number of carbonyl (C=O) groups excluding carboxylic acids is 3. The van der Waals surface area contributed by atoms with Gasteiger partial charge in [0, 0.05) is 49.8 Å². The van der Waals surface area contributed by atoms with Crippen LogP contribution in [0.4, 0.5) is 10.1 Å². The number of pyridine rings is 1. The first-order valence-corrected chi connectivity index (χ1v) is 21.4. The van der Waals surface area contributed by atoms with Crippen LogP contribution >= 0.6 is 0 Å². The Bertz CT molecular complexity index is 2450. The maximum Gasteiger partial charge on any atom is 0.519 e. The molecule has 8 atom stereocenters. The molecule has 1 aromatic carbocycles. The molecule has 2 aromatic heterocycles. The number of methoxy groups -OCH3 is 1. The second kappa shape index (κ2) is 14.5. The number of aliphatic hydroxyl groups is 2. The fourth-order valence-corrected chi connectivity index (χ4v) is 12.6. The fraction of sp³-hybridized carbons (Fsp3) is 0.622. The Morgan fingerprint density at radius 1 is 1.05 bits per heavy atom. The number of ketones is 2. The predicted octanol–water partition coefficient (Wildman–Crippen LogP) is 5.01. The van der Waals surface area contributed by atoms with E-state index in [9.17, 15) is 34.2 Å². The Balaban J connectivity index is 1.05. The van der Waals surface area contributed by atoms with Gasteiger partial charge in [-0.3, -0.25) is 19.3 Å². The van der Waals surface area contributed by atoms with E-state index in [1.54, 1.807) is 17.6 Å². The van der Waals surface area contributed by atoms with Crippen LogP contribution in [0.15, 0.2) is 42.3 Å². The van der Waals surface area contributed by atoms with E-state index in [1.807, 2.05) is 18.7 Å². The first kappa shape index (κ1) is 40.8. The fourth-order valence-electron chi connectivity index (χ4n) is 12.6. The Hall–Kier alpha value is -4.60. The number of anilines is 1. The zero-order chi connectivity index (χ0) is 42.6. The van der Waals surface area contributed by atoms with E-state index in [-0.39, 0.29) is 76.3 Å². The Labute approximate surface area is 346 Å². The molecule has 3 aromatic rings. The van der Waals surface area contributed by atoms with Crippen molar-refractivity contribution in [1.82, 2.24) is 9.47 Å². The quantitative estimate of drug-likeness (QED) is 0.275. The van der Waals surface area contributed by atoms with Gasteiger partial charge in [-0.15, -0.1) is 0 Å². The third-order valence-electron chi connectivity index (χ3n) is 15.7. The van der Waals surface area contributed by atoms with Gasteiger partial charge in [0.15, 0.2) is 28.7 Å². The van der Waals surface area contributed by atoms with Crippen molar-refractivity contribution in [3.63, 3.8) is 0 Å². The van der Waals surface area contributed by atoms with E-state index in [0.717, 1.165) is 24.5 Å². The predicted molar refractivity (Wildman–Crippen MR) is 215 cm³/mol. The van der Waals surface area contributed by atoms with E-state index in [2.05, 4.69) is 11.8 Å². The summed E-state index contributed by atoms with van der Waals surface area (Å²) in [6.45, 7) is 8.40. The number of aliphatic hydroxyl groups excluding tert-OH is 2. The first-order chi connectivity index (χ1) is 28.5. The van der Waals surface area contributed by atoms with Crippen molar-refractivity contribution in [2.75, 3.05) is 38.3 Å². The van der Waals surface area contributed by atoms with Gasteiger partial charge in [-0.25, -0.2) is 14.0 Å². The third kappa shape index (κ3) is 6.07. The van der Waals surface area contributed by atoms with Crippen LogP contribution in [0, 0.1) is 41.3 Å². The molecule has 0 amide bonds. The molecule has 1 saturated heterocycles. The molecule has 15 heteroatoms. The van der Waals surface area contributed by atoms with Gasteiger partial charge in [0.05, 0.1) is 30.7 Å². The number of allylic oxidation sites excluding steroid dienone is 1. The normalized spacial score (nSPS) is 32.9. The smallest absolute Gasteiger partial charge is 0.492 e. The van der Waals surface area contributed by atoms with Crippen LogP contribution in [0.3, 0.4) is 0 Å². The number of nitrogens with zero attached hydrogens (tertiary/aromatic N) is 3. The number of hydrogen-bond donors (Lipinski definition) is 2. The second-order valence-electron chi connectivity index (χ2n) is 18.8. The Morgan fingerprint density at radius 3 is 2.48 bits per heavy atom. The molecule has 5 fully saturated rings. The summed E-state index contributed by atoms with van der Waals surface area (Å²) in [5.41, 5.74) is -2.78. The summed E-state index contributed by atoms with van der Waals surface area (Å²) < 4.78 is 40.9. The minimum absolute atomic E-state index is 0.0206. The molecule has 1 unspecified atom stereocenters. The maximum absolute atomic E-state index is 16.6. The lowest BCUT2D eigenvalue weighted by molar-refractivity contribution is -0.183. The average Bonchev–Trinajstić information content (AvgIpc) is 3.94. The summed E-state index contributed by atoms with van der Waals surface area (Å²) in [5, 5.41) is 22.4. The number of hydrogen-bond acceptors (Lipinski definition) is 13. The highest BCUT2D eigenvalue weighted by atomic mass is 19.1. The molecule has 9 rings (SSSR count). The van der Waals surface area contributed by atoms with E-state index < -0.39 is 52.5 Å². The molecule has 0 bridgehead atoms. The molecule has 2 N–H and O–H groups in total. The second-order valence-corrected chi connectivity index (χ2v) is 18.8. The standard InChI is InChI=1S/C45H54FN3O11/c1-23-19-48(15-14-47(23)21-34-24(2)58-42(56)59-34)38-32(46)17-29-37(40(38)57-5)49(26-7-8-26)20-30(39(29)54)41(55)60-45(35(53)22-50)13-11-31-28-9-6-25-16-27(51)10-12-43(25,3)36(28)33(52)18-44(31,45)4/h16-17,20,23,26,28,31,33,36,50,52H,6-15,18-19,21-22H2,1-5H3/t23?,28-,31-,33-,36+,43-,44-,45-/m0/s1. The van der Waals surface area contributed by atoms with E-state index in [4.69, 9.17) is 18.3 Å². The Kier molecular flexibility index (Phi) is 9.86. The van der Waals surface area contributed by atoms with Gasteiger partial charge in [-0.2, -0.15) is 0 Å². The molecule has 1 aliphatic heterocycles. The van der Waals surface area contributed by atoms with Crippen LogP contribution in [0.25, 0.3) is 10.9 Å². The number of Topliss-reactive ketones (excluding diaryl/α,β-unsaturated/α-hetero) is 1. The summed E-state index contributed by atoms with van der Waals surface area (Å²) in [7, 11) is 1.42. The van der Waals surface area contributed by atoms with Crippen LogP contribution in [0.2, 0.25) is 0 Å². The number of aromatic nitrogens is 1. The highest BCUT2D eigenvalue weighted by Crippen LogP contribution is 2.68. The summed E-state index contributed by atoms with van der Waals surface area (Å²) in [5.74, 6) is -2.39. The van der Waals surface area contributed by atoms with Crippen molar-refractivity contribution in [2.24, 2.45) is 28.6 Å². The molecule has 5 aliphatic carbocycles. The third-order valence-corrected chi connectivity index (χ3v) is 15.7. The van der Waals surface area contributed by atoms with Crippen molar-refractivity contribution in [1.29, 1.82) is 0 Å². The van der Waals surface area contributed by atoms with Crippen LogP contribution < -0.4 is 20.9 Å². The molecular formula is C45H54FN3O11. The number of rotatable bonds is 9. The molecular weight excluding hydrogens is 778 g/mol. The highest BCUT2D eigenvalue weighted by Gasteiger charge is 2.70. The van der Waals surface area contributed by atoms with Gasteiger partial charge in [-0.1, -0.05) is 19.4 Å². The minimum Gasteiger partial charge on any atom is -0.492 e. The molecule has 4 saturated carbocycles. The molecule has 0 radical (unpaired) electrons. The van der Waals surface area contributed by atoms with Crippen molar-refractivity contribution in [3.8, 4) is 5.75 Å². The van der Waals surface area contributed by atoms with Crippen molar-refractivity contribution < 1.29 is 47.3 Å². The number of halogens is 1. The van der Waals surface area contributed by atoms with E-state index >= 15 is 4.39 Å². The topological polar surface area (TPSA) is 182 Å². The van der Waals surface area contributed by atoms with Crippen molar-refractivity contribution >= 4 is 34.1 Å². The van der Waals surface area contributed by atoms with E-state index in [0.29, 0.717) is 75.3 Å². The lowest BCUT2D eigenvalue weighted by Gasteiger charge is -2.60. The van der Waals surface area contributed by atoms with Gasteiger partial charge in [0.2, 0.25) is 11.2 Å². The summed E-state index contributed by atoms with van der Waals surface area (Å²) in [6, 6.07) is 0.941. The number of esters is 1. The molecule has 3 heterocycles. The van der Waals surface area contributed by atoms with Crippen LogP contribution in [0.1, 0.15) is 106 Å². The zero-order valence-corrected chi connectivity index (χ0v) is 34.9. The number of ether oxygens (including phenoxy) is 2. The number of benzene rings is 1. The van der Waals surface area contributed by atoms with Crippen LogP contribution in [-0.2, 0) is 20.9 Å². The monoisotopic (exact) mass is 831 g/mol. The lowest BCUT2D eigenvalue weighted by Crippen LogP contribution is -2.63. The number of piperazine rings is 1. The molecule has 6 aliphatic rings. The van der Waals surface area contributed by atoms with Gasteiger partial charge in [0.25, 0.3) is 0 Å². The van der Waals surface area contributed by atoms with Crippen LogP contribution in [0.5, 0.6) is 5.75 Å². The average molecular weight is 832 g/mol. The van der Waals surface area contributed by atoms with Gasteiger partial charge in [0.1, 0.15) is 23.6 Å². The van der Waals surface area contributed by atoms with Gasteiger partial charge in [-0.05, 0) is 101 Å². The summed E-state index contributed by atoms with van der Waals surface area (Å²) in [4.78, 5) is 71.2. The zero-order valence-electron chi connectivity index (χ0n) is 34.9. The van der Waals surface area contributed by atoms with Gasteiger partial charge < -0.3 is 38.0 Å². The Morgan fingerprint density at radius 2 is 1.82 bits per heavy atom. The van der Waals surface area contributed by atoms with E-state index in [1.165, 1.54) is 13.3 Å². The SMILES string of the molecule is COc1c(N2CCN(Cc3oc(=O)oc3C)C(C)C2)c(F)cc2c(=O)c(C(=O)O[C@]3(C(=O)CO)CC[C@H]4[C@@H]5CCC6=CC(=O)CC[C@]6(C)[C@H]5[C@@H](O)C[C@@]43C)cn(C3CC3)c12. The maximum atomic E-state index is 16.6. The molecule has 0 spiro atoms. The molecule has 322 valence electrons. The number of carbonyl (C=O) groups is 3. The number of fused-ring (bicyclic) bond motifs is 6. The largest absolute Gasteiger partial charge is 0.519 e. The first-order valence-electron chi connectivity index (χ1n) is 21.4. The van der Waals surface area contributed by atoms with Crippen molar-refractivity contribution in [3.05, 3.63) is 67.7 Å². The summed E-state index contributed by atoms with van der Waals surface area (Å²) >= 11 is 0. The highest BCUT2D eigenvalue weighted by molar-refractivity contribution is 6.00. The molecule has 14 nitrogen and oxygen atoms in total. The molecule has 60 heavy (non-hydrogen) atoms. The minimum atomic E-state index is -1.83. The van der Waals surface area contributed by atoms with Crippen molar-refractivity contribution in [2.45, 2.75) is 116 Å². The number of aryl methyl sites for hydroxylation is 1. The summed E-state index contributed by atoms with van der Waals surface area (Å²) in [6.07, 6.45) is 7.05. The lowest BCUT2D eigenvalue weighted by atomic mass is 9.45. The van der Waals surface area contributed by atoms with Crippen LogP contribution in [-0.4, -0.2) is 88.3 Å². The van der Waals surface area contributed by atoms with Gasteiger partial charge >= 0.3 is 11.8 Å².